The molecule has 0 N–H and O–H groups in total. The van der Waals surface area contributed by atoms with Crippen molar-refractivity contribution >= 4 is 17.0 Å². The first-order valence-electron chi connectivity index (χ1n) is 4.54. The van der Waals surface area contributed by atoms with Crippen LogP contribution in [0.4, 0.5) is 5.69 Å². The molecular weight excluding hydrogens is 222 g/mol. The minimum absolute atomic E-state index is 0.0843. The summed E-state index contributed by atoms with van der Waals surface area (Å²) in [5.41, 5.74) is 1.82. The average Bonchev–Trinajstić information content (AvgIpc) is 2.80. The van der Waals surface area contributed by atoms with Crippen LogP contribution in [-0.2, 0) is 0 Å². The maximum Gasteiger partial charge on any atom is 0.269 e. The molecule has 0 atom stereocenters. The second-order valence-corrected chi connectivity index (χ2v) is 3.85. The fourth-order valence-electron chi connectivity index (χ4n) is 1.15. The fraction of sp³-hybridized carbons (Fsp3) is 0. The number of non-ortho nitro benzene ring substituents is 1. The van der Waals surface area contributed by atoms with Gasteiger partial charge in [-0.3, -0.25) is 10.1 Å². The number of nitro benzene ring substituents is 1. The van der Waals surface area contributed by atoms with Crippen LogP contribution in [0.5, 0.6) is 0 Å². The quantitative estimate of drug-likeness (QED) is 0.428. The molecule has 0 amide bonds. The Labute approximate surface area is 96.5 Å². The van der Waals surface area contributed by atoms with E-state index in [0.29, 0.717) is 0 Å². The molecule has 0 bridgehead atoms. The topological polar surface area (TPSA) is 43.1 Å². The number of hydrogen-bond acceptors (Lipinski definition) is 3. The largest absolute Gasteiger partial charge is 0.269 e. The molecule has 0 unspecified atom stereocenters. The third kappa shape index (κ3) is 2.47. The monoisotopic (exact) mass is 229 g/mol. The lowest BCUT2D eigenvalue weighted by Crippen LogP contribution is -1.86. The average molecular weight is 229 g/mol. The Morgan fingerprint density at radius 1 is 1.06 bits per heavy atom. The summed E-state index contributed by atoms with van der Waals surface area (Å²) in [6.07, 6.45) is 0. The van der Waals surface area contributed by atoms with Gasteiger partial charge in [-0.25, -0.2) is 0 Å². The minimum Gasteiger partial charge on any atom is -0.258 e. The van der Waals surface area contributed by atoms with Crippen molar-refractivity contribution in [1.29, 1.82) is 0 Å². The molecule has 1 aromatic carbocycles. The molecule has 16 heavy (non-hydrogen) atoms. The molecule has 0 spiro atoms. The minimum atomic E-state index is -0.421. The van der Waals surface area contributed by atoms with Gasteiger partial charge in [0.2, 0.25) is 0 Å². The van der Waals surface area contributed by atoms with E-state index in [4.69, 9.17) is 0 Å². The van der Waals surface area contributed by atoms with Crippen LogP contribution in [0.3, 0.4) is 0 Å². The lowest BCUT2D eigenvalue weighted by atomic mass is 10.2. The zero-order valence-electron chi connectivity index (χ0n) is 8.21. The Kier molecular flexibility index (Phi) is 2.99. The van der Waals surface area contributed by atoms with E-state index in [1.165, 1.54) is 12.1 Å². The summed E-state index contributed by atoms with van der Waals surface area (Å²) in [6.45, 7) is 0. The highest BCUT2D eigenvalue weighted by Gasteiger charge is 2.01. The number of benzene rings is 1. The maximum atomic E-state index is 10.4. The zero-order chi connectivity index (χ0) is 11.4. The summed E-state index contributed by atoms with van der Waals surface area (Å²) in [6, 6.07) is 8.15. The fourth-order valence-corrected chi connectivity index (χ4v) is 1.73. The number of rotatable bonds is 1. The smallest absolute Gasteiger partial charge is 0.258 e. The lowest BCUT2D eigenvalue weighted by Gasteiger charge is -1.90. The van der Waals surface area contributed by atoms with E-state index in [2.05, 4.69) is 11.8 Å². The highest BCUT2D eigenvalue weighted by molar-refractivity contribution is 7.08. The van der Waals surface area contributed by atoms with Crippen molar-refractivity contribution in [3.05, 3.63) is 62.3 Å². The summed E-state index contributed by atoms with van der Waals surface area (Å²) in [7, 11) is 0. The van der Waals surface area contributed by atoms with Crippen molar-refractivity contribution < 1.29 is 4.92 Å². The summed E-state index contributed by atoms with van der Waals surface area (Å²) >= 11 is 1.59. The van der Waals surface area contributed by atoms with Crippen LogP contribution in [0, 0.1) is 22.0 Å². The number of nitrogens with zero attached hydrogens (tertiary/aromatic N) is 1. The van der Waals surface area contributed by atoms with Crippen molar-refractivity contribution in [3.8, 4) is 11.8 Å². The summed E-state index contributed by atoms with van der Waals surface area (Å²) in [5.74, 6) is 5.93. The SMILES string of the molecule is O=[N+]([O-])c1ccc(C#Cc2ccsc2)cc1. The predicted octanol–water partition coefficient (Wildman–Crippen LogP) is 3.06. The second kappa shape index (κ2) is 4.60. The van der Waals surface area contributed by atoms with Crippen LogP contribution in [0.15, 0.2) is 41.1 Å². The first-order chi connectivity index (χ1) is 7.75. The van der Waals surface area contributed by atoms with E-state index in [1.807, 2.05) is 16.8 Å². The van der Waals surface area contributed by atoms with E-state index in [-0.39, 0.29) is 5.69 Å². The van der Waals surface area contributed by atoms with Crippen LogP contribution in [0.1, 0.15) is 11.1 Å². The van der Waals surface area contributed by atoms with E-state index in [0.717, 1.165) is 11.1 Å². The van der Waals surface area contributed by atoms with Gasteiger partial charge in [-0.2, -0.15) is 11.3 Å². The Morgan fingerprint density at radius 3 is 2.31 bits per heavy atom. The van der Waals surface area contributed by atoms with Gasteiger partial charge in [0.05, 0.1) is 4.92 Å². The molecule has 0 saturated carbocycles. The van der Waals surface area contributed by atoms with Gasteiger partial charge in [0.25, 0.3) is 5.69 Å². The van der Waals surface area contributed by atoms with Crippen molar-refractivity contribution in [2.24, 2.45) is 0 Å². The molecule has 2 rings (SSSR count). The predicted molar refractivity (Wildman–Crippen MR) is 63.4 cm³/mol. The van der Waals surface area contributed by atoms with Crippen molar-refractivity contribution in [2.45, 2.75) is 0 Å². The standard InChI is InChI=1S/C12H7NO2S/c14-13(15)12-5-3-10(4-6-12)1-2-11-7-8-16-9-11/h3-9H. The van der Waals surface area contributed by atoms with Gasteiger partial charge in [-0.05, 0) is 23.6 Å². The molecule has 0 fully saturated rings. The van der Waals surface area contributed by atoms with Gasteiger partial charge in [0.1, 0.15) is 0 Å². The Bertz CT molecular complexity index is 547. The summed E-state index contributed by atoms with van der Waals surface area (Å²) in [5, 5.41) is 14.3. The molecular formula is C12H7NO2S. The van der Waals surface area contributed by atoms with E-state index in [9.17, 15) is 10.1 Å². The van der Waals surface area contributed by atoms with Crippen molar-refractivity contribution in [2.75, 3.05) is 0 Å². The molecule has 0 saturated heterocycles. The Morgan fingerprint density at radius 2 is 1.75 bits per heavy atom. The molecule has 4 heteroatoms. The van der Waals surface area contributed by atoms with Gasteiger partial charge < -0.3 is 0 Å². The van der Waals surface area contributed by atoms with Gasteiger partial charge in [-0.1, -0.05) is 11.8 Å². The van der Waals surface area contributed by atoms with Crippen molar-refractivity contribution in [1.82, 2.24) is 0 Å². The molecule has 0 aliphatic rings. The molecule has 0 radical (unpaired) electrons. The zero-order valence-corrected chi connectivity index (χ0v) is 9.03. The summed E-state index contributed by atoms with van der Waals surface area (Å²) in [4.78, 5) is 10.0. The third-order valence-corrected chi connectivity index (χ3v) is 2.63. The van der Waals surface area contributed by atoms with Crippen LogP contribution < -0.4 is 0 Å². The van der Waals surface area contributed by atoms with Crippen LogP contribution >= 0.6 is 11.3 Å². The Balaban J connectivity index is 2.20. The molecule has 0 aliphatic heterocycles. The first kappa shape index (κ1) is 10.4. The van der Waals surface area contributed by atoms with Crippen LogP contribution in [0.25, 0.3) is 0 Å². The van der Waals surface area contributed by atoms with Crippen molar-refractivity contribution in [3.63, 3.8) is 0 Å². The Hall–Kier alpha value is -2.12. The van der Waals surface area contributed by atoms with Gasteiger partial charge in [-0.15, -0.1) is 0 Å². The van der Waals surface area contributed by atoms with Gasteiger partial charge in [0, 0.05) is 28.6 Å². The van der Waals surface area contributed by atoms with E-state index >= 15 is 0 Å². The third-order valence-electron chi connectivity index (χ3n) is 1.95. The molecule has 1 aromatic heterocycles. The maximum absolute atomic E-state index is 10.4. The molecule has 3 nitrogen and oxygen atoms in total. The molecule has 2 aromatic rings. The van der Waals surface area contributed by atoms with E-state index < -0.39 is 4.92 Å². The highest BCUT2D eigenvalue weighted by Crippen LogP contribution is 2.11. The normalized spacial score (nSPS) is 9.25. The molecule has 0 aliphatic carbocycles. The molecule has 78 valence electrons. The number of hydrogen-bond donors (Lipinski definition) is 0. The lowest BCUT2D eigenvalue weighted by molar-refractivity contribution is -0.384. The molecule has 1 heterocycles. The van der Waals surface area contributed by atoms with Gasteiger partial charge >= 0.3 is 0 Å². The number of nitro groups is 1. The van der Waals surface area contributed by atoms with Crippen LogP contribution in [0.2, 0.25) is 0 Å². The first-order valence-corrected chi connectivity index (χ1v) is 5.49. The summed E-state index contributed by atoms with van der Waals surface area (Å²) < 4.78 is 0. The van der Waals surface area contributed by atoms with E-state index in [1.54, 1.807) is 23.5 Å². The van der Waals surface area contributed by atoms with Gasteiger partial charge in [0.15, 0.2) is 0 Å². The number of thiophene rings is 1. The highest BCUT2D eigenvalue weighted by atomic mass is 32.1. The second-order valence-electron chi connectivity index (χ2n) is 3.07. The van der Waals surface area contributed by atoms with Crippen LogP contribution in [-0.4, -0.2) is 4.92 Å².